The molecule has 0 spiro atoms. The molecule has 3 aromatic rings. The largest absolute Gasteiger partial charge is 0.492 e. The van der Waals surface area contributed by atoms with Gasteiger partial charge in [0.2, 0.25) is 5.95 Å². The van der Waals surface area contributed by atoms with Crippen LogP contribution in [0.4, 0.5) is 5.95 Å². The first kappa shape index (κ1) is 21.3. The van der Waals surface area contributed by atoms with E-state index in [4.69, 9.17) is 4.74 Å². The molecule has 7 heteroatoms. The molecule has 0 bridgehead atoms. The van der Waals surface area contributed by atoms with Crippen molar-refractivity contribution >= 4 is 17.0 Å². The molecule has 7 nitrogen and oxygen atoms in total. The zero-order valence-electron chi connectivity index (χ0n) is 18.0. The second-order valence-corrected chi connectivity index (χ2v) is 8.29. The van der Waals surface area contributed by atoms with Crippen molar-refractivity contribution in [2.24, 2.45) is 5.92 Å². The van der Waals surface area contributed by atoms with Gasteiger partial charge >= 0.3 is 0 Å². The molecule has 1 fully saturated rings. The quantitative estimate of drug-likeness (QED) is 0.443. The van der Waals surface area contributed by atoms with E-state index in [2.05, 4.69) is 25.3 Å². The van der Waals surface area contributed by atoms with Gasteiger partial charge in [-0.25, -0.2) is 15.0 Å². The number of benzene rings is 1. The topological polar surface area (TPSA) is 92.8 Å². The highest BCUT2D eigenvalue weighted by atomic mass is 16.5. The maximum absolute atomic E-state index is 12.5. The maximum Gasteiger partial charge on any atom is 0.270 e. The zero-order valence-corrected chi connectivity index (χ0v) is 18.0. The van der Waals surface area contributed by atoms with E-state index in [9.17, 15) is 4.79 Å². The number of unbranched alkanes of at least 4 members (excludes halogenated alkanes) is 2. The van der Waals surface area contributed by atoms with E-state index in [1.165, 1.54) is 44.9 Å². The lowest BCUT2D eigenvalue weighted by Crippen LogP contribution is -2.15. The lowest BCUT2D eigenvalue weighted by Gasteiger charge is -2.09. The lowest BCUT2D eigenvalue weighted by atomic mass is 9.99. The Balaban J connectivity index is 1.25. The summed E-state index contributed by atoms with van der Waals surface area (Å²) in [6, 6.07) is 7.39. The summed E-state index contributed by atoms with van der Waals surface area (Å²) in [4.78, 5) is 28.2. The Hall–Kier alpha value is -2.96. The minimum absolute atomic E-state index is 0.0941. The summed E-state index contributed by atoms with van der Waals surface area (Å²) in [6.07, 6.45) is 14.6. The third kappa shape index (κ3) is 6.26. The molecule has 164 valence electrons. The second kappa shape index (κ2) is 10.9. The molecule has 1 saturated carbocycles. The summed E-state index contributed by atoms with van der Waals surface area (Å²) in [7, 11) is 0. The Labute approximate surface area is 182 Å². The van der Waals surface area contributed by atoms with Crippen molar-refractivity contribution in [2.75, 3.05) is 18.5 Å². The van der Waals surface area contributed by atoms with Gasteiger partial charge in [-0.15, -0.1) is 0 Å². The molecule has 2 N–H and O–H groups in total. The van der Waals surface area contributed by atoms with Gasteiger partial charge in [-0.2, -0.15) is 0 Å². The predicted octanol–water partition coefficient (Wildman–Crippen LogP) is 4.50. The van der Waals surface area contributed by atoms with Crippen LogP contribution in [0.25, 0.3) is 11.0 Å². The average Bonchev–Trinajstić information content (AvgIpc) is 3.31. The van der Waals surface area contributed by atoms with Crippen LogP contribution in [0.1, 0.15) is 57.1 Å². The Morgan fingerprint density at radius 2 is 1.94 bits per heavy atom. The van der Waals surface area contributed by atoms with E-state index in [-0.39, 0.29) is 5.56 Å². The molecule has 2 aromatic heterocycles. The maximum atomic E-state index is 12.5. The normalized spacial score (nSPS) is 14.2. The standard InChI is InChI=1S/C24H31N5O2/c30-23-21(10-3-1-2-7-18-8-4-5-9-18)28-20-12-11-19(17-22(20)29-23)31-16-15-27-24-25-13-6-14-26-24/h6,11-14,17-18H,1-5,7-10,15-16H2,(H,29,30)(H,25,26,27). The second-order valence-electron chi connectivity index (χ2n) is 8.29. The zero-order chi connectivity index (χ0) is 21.3. The van der Waals surface area contributed by atoms with Crippen LogP contribution in [0.3, 0.4) is 0 Å². The lowest BCUT2D eigenvalue weighted by molar-refractivity contribution is 0.333. The molecule has 1 aliphatic rings. The summed E-state index contributed by atoms with van der Waals surface area (Å²) >= 11 is 0. The monoisotopic (exact) mass is 421 g/mol. The molecule has 0 aliphatic heterocycles. The van der Waals surface area contributed by atoms with Crippen LogP contribution in [0, 0.1) is 5.92 Å². The highest BCUT2D eigenvalue weighted by Gasteiger charge is 2.14. The van der Waals surface area contributed by atoms with Crippen LogP contribution >= 0.6 is 0 Å². The Morgan fingerprint density at radius 1 is 1.10 bits per heavy atom. The highest BCUT2D eigenvalue weighted by molar-refractivity contribution is 5.75. The van der Waals surface area contributed by atoms with Crippen LogP contribution < -0.4 is 15.6 Å². The molecule has 0 amide bonds. The molecular weight excluding hydrogens is 390 g/mol. The van der Waals surface area contributed by atoms with Gasteiger partial charge in [-0.05, 0) is 37.0 Å². The molecular formula is C24H31N5O2. The number of nitrogens with one attached hydrogen (secondary N) is 2. The first-order chi connectivity index (χ1) is 15.3. The van der Waals surface area contributed by atoms with E-state index >= 15 is 0 Å². The molecule has 4 rings (SSSR count). The first-order valence-electron chi connectivity index (χ1n) is 11.4. The average molecular weight is 422 g/mol. The van der Waals surface area contributed by atoms with Crippen molar-refractivity contribution in [1.82, 2.24) is 19.9 Å². The van der Waals surface area contributed by atoms with Crippen LogP contribution in [0.2, 0.25) is 0 Å². The Kier molecular flexibility index (Phi) is 7.47. The van der Waals surface area contributed by atoms with Gasteiger partial charge in [0.05, 0.1) is 17.6 Å². The molecule has 31 heavy (non-hydrogen) atoms. The number of H-pyrrole nitrogens is 1. The van der Waals surface area contributed by atoms with Crippen molar-refractivity contribution < 1.29 is 4.74 Å². The van der Waals surface area contributed by atoms with Crippen molar-refractivity contribution in [3.63, 3.8) is 0 Å². The summed E-state index contributed by atoms with van der Waals surface area (Å²) in [6.45, 7) is 1.04. The Morgan fingerprint density at radius 3 is 2.77 bits per heavy atom. The van der Waals surface area contributed by atoms with Crippen LogP contribution in [-0.4, -0.2) is 33.1 Å². The fraction of sp³-hybridized carbons (Fsp3) is 0.500. The van der Waals surface area contributed by atoms with Gasteiger partial charge in [0, 0.05) is 18.5 Å². The molecule has 2 heterocycles. The summed E-state index contributed by atoms with van der Waals surface area (Å²) < 4.78 is 5.77. The number of nitrogens with zero attached hydrogens (tertiary/aromatic N) is 3. The number of rotatable bonds is 11. The SMILES string of the molecule is O=c1[nH]c2cc(OCCNc3ncccn3)ccc2nc1CCCCCC1CCCC1. The van der Waals surface area contributed by atoms with Crippen LogP contribution in [-0.2, 0) is 6.42 Å². The molecule has 0 unspecified atom stereocenters. The summed E-state index contributed by atoms with van der Waals surface area (Å²) in [5.41, 5.74) is 2.04. The van der Waals surface area contributed by atoms with Crippen molar-refractivity contribution in [1.29, 1.82) is 0 Å². The minimum atomic E-state index is -0.0941. The third-order valence-electron chi connectivity index (χ3n) is 5.95. The van der Waals surface area contributed by atoms with Gasteiger partial charge in [0.25, 0.3) is 5.56 Å². The van der Waals surface area contributed by atoms with E-state index in [0.717, 1.165) is 24.3 Å². The van der Waals surface area contributed by atoms with E-state index < -0.39 is 0 Å². The van der Waals surface area contributed by atoms with Crippen LogP contribution in [0.5, 0.6) is 5.75 Å². The number of hydrogen-bond acceptors (Lipinski definition) is 6. The van der Waals surface area contributed by atoms with Gasteiger partial charge in [-0.1, -0.05) is 44.9 Å². The molecule has 0 radical (unpaired) electrons. The molecule has 0 saturated heterocycles. The number of fused-ring (bicyclic) bond motifs is 1. The third-order valence-corrected chi connectivity index (χ3v) is 5.95. The highest BCUT2D eigenvalue weighted by Crippen LogP contribution is 2.29. The van der Waals surface area contributed by atoms with E-state index in [1.807, 2.05) is 18.2 Å². The molecule has 0 atom stereocenters. The van der Waals surface area contributed by atoms with Gasteiger partial charge in [-0.3, -0.25) is 4.79 Å². The molecule has 1 aliphatic carbocycles. The number of aromatic nitrogens is 4. The summed E-state index contributed by atoms with van der Waals surface area (Å²) in [5.74, 6) is 2.21. The number of anilines is 1. The summed E-state index contributed by atoms with van der Waals surface area (Å²) in [5, 5.41) is 3.10. The van der Waals surface area contributed by atoms with Gasteiger partial charge in [0.15, 0.2) is 0 Å². The smallest absolute Gasteiger partial charge is 0.270 e. The number of hydrogen-bond donors (Lipinski definition) is 2. The number of aromatic amines is 1. The molecule has 1 aromatic carbocycles. The fourth-order valence-corrected chi connectivity index (χ4v) is 4.29. The van der Waals surface area contributed by atoms with E-state index in [1.54, 1.807) is 18.5 Å². The van der Waals surface area contributed by atoms with Gasteiger partial charge < -0.3 is 15.0 Å². The fourth-order valence-electron chi connectivity index (χ4n) is 4.29. The van der Waals surface area contributed by atoms with Gasteiger partial charge in [0.1, 0.15) is 18.1 Å². The van der Waals surface area contributed by atoms with Crippen molar-refractivity contribution in [2.45, 2.75) is 57.8 Å². The Bertz CT molecular complexity index is 1020. The van der Waals surface area contributed by atoms with Crippen molar-refractivity contribution in [3.8, 4) is 5.75 Å². The van der Waals surface area contributed by atoms with E-state index in [0.29, 0.717) is 36.1 Å². The number of aryl methyl sites for hydroxylation is 1. The first-order valence-corrected chi connectivity index (χ1v) is 11.4. The van der Waals surface area contributed by atoms with Crippen molar-refractivity contribution in [3.05, 3.63) is 52.7 Å². The predicted molar refractivity (Wildman–Crippen MR) is 123 cm³/mol. The minimum Gasteiger partial charge on any atom is -0.492 e. The number of ether oxygens (including phenoxy) is 1. The van der Waals surface area contributed by atoms with Crippen LogP contribution in [0.15, 0.2) is 41.5 Å².